The van der Waals surface area contributed by atoms with Crippen molar-refractivity contribution in [2.24, 2.45) is 0 Å². The predicted octanol–water partition coefficient (Wildman–Crippen LogP) is 2.81. The van der Waals surface area contributed by atoms with Gasteiger partial charge in [0.15, 0.2) is 0 Å². The molecule has 126 valence electrons. The van der Waals surface area contributed by atoms with Crippen molar-refractivity contribution >= 4 is 5.91 Å². The number of hydrogen-bond donors (Lipinski definition) is 2. The van der Waals surface area contributed by atoms with Crippen LogP contribution in [0.15, 0.2) is 6.20 Å². The molecule has 3 fully saturated rings. The predicted molar refractivity (Wildman–Crippen MR) is 89.5 cm³/mol. The molecule has 0 bridgehead atoms. The lowest BCUT2D eigenvalue weighted by atomic mass is 9.85. The van der Waals surface area contributed by atoms with Crippen molar-refractivity contribution in [3.63, 3.8) is 0 Å². The van der Waals surface area contributed by atoms with E-state index in [1.165, 1.54) is 64.5 Å². The topological polar surface area (TPSA) is 61.0 Å². The van der Waals surface area contributed by atoms with E-state index in [0.29, 0.717) is 18.0 Å². The van der Waals surface area contributed by atoms with Gasteiger partial charge in [-0.15, -0.1) is 0 Å². The Labute approximate surface area is 138 Å². The summed E-state index contributed by atoms with van der Waals surface area (Å²) < 4.78 is 0. The molecule has 2 atom stereocenters. The van der Waals surface area contributed by atoms with E-state index in [1.54, 1.807) is 6.20 Å². The molecule has 5 nitrogen and oxygen atoms in total. The second-order valence-electron chi connectivity index (χ2n) is 7.50. The van der Waals surface area contributed by atoms with Crippen molar-refractivity contribution in [2.75, 3.05) is 13.1 Å². The molecule has 1 amide bonds. The molecule has 4 rings (SSSR count). The molecule has 2 aliphatic heterocycles. The van der Waals surface area contributed by atoms with Crippen LogP contribution in [0.4, 0.5) is 0 Å². The quantitative estimate of drug-likeness (QED) is 0.901. The second kappa shape index (κ2) is 6.63. The van der Waals surface area contributed by atoms with E-state index < -0.39 is 0 Å². The number of aromatic amines is 1. The average Bonchev–Trinajstić information content (AvgIpc) is 3.25. The fraction of sp³-hybridized carbons (Fsp3) is 0.778. The molecular weight excluding hydrogens is 288 g/mol. The monoisotopic (exact) mass is 316 g/mol. The Morgan fingerprint density at radius 2 is 1.87 bits per heavy atom. The lowest BCUT2D eigenvalue weighted by Gasteiger charge is -2.37. The maximum Gasteiger partial charge on any atom is 0.255 e. The van der Waals surface area contributed by atoms with Gasteiger partial charge in [0.2, 0.25) is 0 Å². The van der Waals surface area contributed by atoms with Crippen molar-refractivity contribution in [1.29, 1.82) is 0 Å². The highest BCUT2D eigenvalue weighted by atomic mass is 16.1. The van der Waals surface area contributed by atoms with Crippen LogP contribution >= 0.6 is 0 Å². The first-order valence-corrected chi connectivity index (χ1v) is 9.41. The maximum atomic E-state index is 12.8. The SMILES string of the molecule is O=C(N[C@H]1CCCN2CCC[C@@H]12)c1cn[nH]c1C1CCCCC1. The van der Waals surface area contributed by atoms with Crippen LogP contribution in [0.25, 0.3) is 0 Å². The van der Waals surface area contributed by atoms with E-state index in [0.717, 1.165) is 17.7 Å². The molecule has 1 aromatic rings. The van der Waals surface area contributed by atoms with Crippen LogP contribution in [-0.2, 0) is 0 Å². The van der Waals surface area contributed by atoms with Gasteiger partial charge < -0.3 is 5.32 Å². The third-order valence-electron chi connectivity index (χ3n) is 6.08. The van der Waals surface area contributed by atoms with Gasteiger partial charge in [0.25, 0.3) is 5.91 Å². The number of hydrogen-bond acceptors (Lipinski definition) is 3. The summed E-state index contributed by atoms with van der Waals surface area (Å²) in [5.41, 5.74) is 1.85. The first-order valence-electron chi connectivity index (χ1n) is 9.41. The first-order chi connectivity index (χ1) is 11.3. The average molecular weight is 316 g/mol. The van der Waals surface area contributed by atoms with Crippen molar-refractivity contribution in [1.82, 2.24) is 20.4 Å². The number of rotatable bonds is 3. The van der Waals surface area contributed by atoms with E-state index in [1.807, 2.05) is 0 Å². The van der Waals surface area contributed by atoms with Crippen LogP contribution in [0.5, 0.6) is 0 Å². The third kappa shape index (κ3) is 3.03. The number of carbonyl (C=O) groups is 1. The number of amides is 1. The lowest BCUT2D eigenvalue weighted by molar-refractivity contribution is 0.0866. The fourth-order valence-electron chi connectivity index (χ4n) is 4.89. The highest BCUT2D eigenvalue weighted by Crippen LogP contribution is 2.33. The van der Waals surface area contributed by atoms with Crippen molar-refractivity contribution in [3.8, 4) is 0 Å². The Hall–Kier alpha value is -1.36. The summed E-state index contributed by atoms with van der Waals surface area (Å²) in [7, 11) is 0. The number of H-pyrrole nitrogens is 1. The largest absolute Gasteiger partial charge is 0.348 e. The van der Waals surface area contributed by atoms with Crippen LogP contribution in [0, 0.1) is 0 Å². The Kier molecular flexibility index (Phi) is 4.38. The number of nitrogens with zero attached hydrogens (tertiary/aromatic N) is 2. The molecule has 1 saturated carbocycles. The first kappa shape index (κ1) is 15.2. The molecule has 5 heteroatoms. The molecule has 0 radical (unpaired) electrons. The van der Waals surface area contributed by atoms with Crippen LogP contribution in [0.1, 0.15) is 79.8 Å². The summed E-state index contributed by atoms with van der Waals surface area (Å²) >= 11 is 0. The summed E-state index contributed by atoms with van der Waals surface area (Å²) in [5.74, 6) is 0.569. The highest BCUT2D eigenvalue weighted by molar-refractivity contribution is 5.95. The van der Waals surface area contributed by atoms with Crippen LogP contribution in [-0.4, -0.2) is 46.2 Å². The third-order valence-corrected chi connectivity index (χ3v) is 6.08. The minimum absolute atomic E-state index is 0.0815. The van der Waals surface area contributed by atoms with Gasteiger partial charge in [-0.05, 0) is 51.6 Å². The zero-order valence-electron chi connectivity index (χ0n) is 13.9. The van der Waals surface area contributed by atoms with Gasteiger partial charge in [0.05, 0.1) is 17.5 Å². The summed E-state index contributed by atoms with van der Waals surface area (Å²) in [6.07, 6.45) is 12.8. The van der Waals surface area contributed by atoms with Gasteiger partial charge in [-0.25, -0.2) is 0 Å². The van der Waals surface area contributed by atoms with Gasteiger partial charge in [-0.2, -0.15) is 5.10 Å². The molecule has 0 spiro atoms. The molecule has 1 aromatic heterocycles. The van der Waals surface area contributed by atoms with E-state index in [9.17, 15) is 4.79 Å². The highest BCUT2D eigenvalue weighted by Gasteiger charge is 2.36. The number of aromatic nitrogens is 2. The van der Waals surface area contributed by atoms with E-state index in [2.05, 4.69) is 20.4 Å². The van der Waals surface area contributed by atoms with Crippen LogP contribution in [0.2, 0.25) is 0 Å². The molecule has 3 heterocycles. The van der Waals surface area contributed by atoms with Gasteiger partial charge in [0, 0.05) is 18.0 Å². The summed E-state index contributed by atoms with van der Waals surface area (Å²) in [6.45, 7) is 2.41. The number of carbonyl (C=O) groups excluding carboxylic acids is 1. The van der Waals surface area contributed by atoms with E-state index >= 15 is 0 Å². The van der Waals surface area contributed by atoms with Gasteiger partial charge >= 0.3 is 0 Å². The number of piperidine rings is 1. The van der Waals surface area contributed by atoms with Crippen molar-refractivity contribution < 1.29 is 4.79 Å². The molecule has 2 N–H and O–H groups in total. The molecular formula is C18H28N4O. The standard InChI is InChI=1S/C18H28N4O/c23-18(20-15-8-4-10-22-11-5-9-16(15)22)14-12-19-21-17(14)13-6-2-1-3-7-13/h12-13,15-16H,1-11H2,(H,19,21)(H,20,23)/t15-,16-/m0/s1. The summed E-state index contributed by atoms with van der Waals surface area (Å²) in [5, 5.41) is 10.6. The molecule has 0 aromatic carbocycles. The maximum absolute atomic E-state index is 12.8. The zero-order valence-corrected chi connectivity index (χ0v) is 13.9. The number of nitrogens with one attached hydrogen (secondary N) is 2. The van der Waals surface area contributed by atoms with Crippen molar-refractivity contribution in [3.05, 3.63) is 17.5 Å². The normalized spacial score (nSPS) is 29.4. The minimum Gasteiger partial charge on any atom is -0.348 e. The Morgan fingerprint density at radius 1 is 1.09 bits per heavy atom. The van der Waals surface area contributed by atoms with Gasteiger partial charge in [0.1, 0.15) is 0 Å². The molecule has 1 aliphatic carbocycles. The Balaban J connectivity index is 1.46. The minimum atomic E-state index is 0.0815. The smallest absolute Gasteiger partial charge is 0.255 e. The molecule has 23 heavy (non-hydrogen) atoms. The van der Waals surface area contributed by atoms with Gasteiger partial charge in [-0.1, -0.05) is 19.3 Å². The Morgan fingerprint density at radius 3 is 2.70 bits per heavy atom. The van der Waals surface area contributed by atoms with E-state index in [-0.39, 0.29) is 5.91 Å². The van der Waals surface area contributed by atoms with Crippen LogP contribution < -0.4 is 5.32 Å². The Bertz CT molecular complexity index is 549. The lowest BCUT2D eigenvalue weighted by Crippen LogP contribution is -2.52. The number of fused-ring (bicyclic) bond motifs is 1. The molecule has 2 saturated heterocycles. The summed E-state index contributed by atoms with van der Waals surface area (Å²) in [6, 6.07) is 0.866. The second-order valence-corrected chi connectivity index (χ2v) is 7.50. The zero-order chi connectivity index (χ0) is 15.6. The molecule has 0 unspecified atom stereocenters. The van der Waals surface area contributed by atoms with Gasteiger partial charge in [-0.3, -0.25) is 14.8 Å². The van der Waals surface area contributed by atoms with Crippen LogP contribution in [0.3, 0.4) is 0 Å². The van der Waals surface area contributed by atoms with Crippen molar-refractivity contribution in [2.45, 2.75) is 75.8 Å². The molecule has 3 aliphatic rings. The fourth-order valence-corrected chi connectivity index (χ4v) is 4.89. The van der Waals surface area contributed by atoms with E-state index in [4.69, 9.17) is 0 Å². The summed E-state index contributed by atoms with van der Waals surface area (Å²) in [4.78, 5) is 15.4.